The van der Waals surface area contributed by atoms with Gasteiger partial charge in [-0.15, -0.1) is 13.2 Å². The summed E-state index contributed by atoms with van der Waals surface area (Å²) < 4.78 is 47.0. The summed E-state index contributed by atoms with van der Waals surface area (Å²) in [5, 5.41) is 0. The molecule has 0 amide bonds. The molecule has 2 aromatic rings. The molecule has 2 aromatic carbocycles. The number of hydrogen-bond donors (Lipinski definition) is 1. The lowest BCUT2D eigenvalue weighted by molar-refractivity contribution is -0.274. The van der Waals surface area contributed by atoms with E-state index in [2.05, 4.69) is 43.3 Å². The number of alkyl halides is 3. The van der Waals surface area contributed by atoms with E-state index in [1.807, 2.05) is 6.07 Å². The maximum atomic E-state index is 12.2. The third kappa shape index (κ3) is 4.67. The Balaban J connectivity index is 2.20. The first-order chi connectivity index (χ1) is 9.74. The van der Waals surface area contributed by atoms with Crippen LogP contribution in [0.1, 0.15) is 0 Å². The van der Waals surface area contributed by atoms with Gasteiger partial charge in [0, 0.05) is 3.57 Å². The van der Waals surface area contributed by atoms with Crippen LogP contribution in [0.25, 0.3) is 0 Å². The molecule has 0 unspecified atom stereocenters. The molecule has 0 spiro atoms. The Hall–Kier alpha value is -1.16. The van der Waals surface area contributed by atoms with Gasteiger partial charge in [-0.25, -0.2) is 0 Å². The van der Waals surface area contributed by atoms with Crippen LogP contribution in [-0.4, -0.2) is 6.36 Å². The van der Waals surface area contributed by atoms with Gasteiger partial charge in [0.2, 0.25) is 0 Å². The topological polar surface area (TPSA) is 44.5 Å². The summed E-state index contributed by atoms with van der Waals surface area (Å²) in [7, 11) is 0. The highest BCUT2D eigenvalue weighted by Crippen LogP contribution is 2.36. The van der Waals surface area contributed by atoms with Crippen LogP contribution in [0.15, 0.2) is 40.9 Å². The molecule has 0 saturated carbocycles. The SMILES string of the molecule is Nc1cc(I)ccc1Oc1ccc(OC(F)(F)F)c(Br)c1. The quantitative estimate of drug-likeness (QED) is 0.484. The molecule has 0 aliphatic carbocycles. The van der Waals surface area contributed by atoms with Gasteiger partial charge in [-0.1, -0.05) is 0 Å². The van der Waals surface area contributed by atoms with Crippen molar-refractivity contribution in [3.63, 3.8) is 0 Å². The minimum atomic E-state index is -4.74. The lowest BCUT2D eigenvalue weighted by Gasteiger charge is -2.13. The molecule has 0 radical (unpaired) electrons. The fraction of sp³-hybridized carbons (Fsp3) is 0.0769. The van der Waals surface area contributed by atoms with E-state index < -0.39 is 6.36 Å². The van der Waals surface area contributed by atoms with E-state index in [1.165, 1.54) is 12.1 Å². The second-order valence-corrected chi connectivity index (χ2v) is 6.02. The second kappa shape index (κ2) is 6.30. The third-order valence-electron chi connectivity index (χ3n) is 2.33. The third-order valence-corrected chi connectivity index (χ3v) is 3.62. The van der Waals surface area contributed by atoms with Gasteiger partial charge in [0.25, 0.3) is 0 Å². The van der Waals surface area contributed by atoms with Crippen molar-refractivity contribution in [3.05, 3.63) is 44.4 Å². The summed E-state index contributed by atoms with van der Waals surface area (Å²) in [6.07, 6.45) is -4.74. The fourth-order valence-electron chi connectivity index (χ4n) is 1.49. The van der Waals surface area contributed by atoms with Crippen molar-refractivity contribution in [2.75, 3.05) is 5.73 Å². The predicted octanol–water partition coefficient (Wildman–Crippen LogP) is 5.33. The highest BCUT2D eigenvalue weighted by Gasteiger charge is 2.32. The van der Waals surface area contributed by atoms with Gasteiger partial charge in [0.15, 0.2) is 0 Å². The van der Waals surface area contributed by atoms with Crippen molar-refractivity contribution >= 4 is 44.2 Å². The maximum Gasteiger partial charge on any atom is 0.573 e. The number of nitrogens with two attached hydrogens (primary N) is 1. The molecule has 0 saturated heterocycles. The summed E-state index contributed by atoms with van der Waals surface area (Å²) >= 11 is 5.11. The predicted molar refractivity (Wildman–Crippen MR) is 84.5 cm³/mol. The molecular formula is C13H8BrF3INO2. The number of rotatable bonds is 3. The number of anilines is 1. The molecule has 0 atom stereocenters. The van der Waals surface area contributed by atoms with Gasteiger partial charge in [-0.3, -0.25) is 0 Å². The number of hydrogen-bond acceptors (Lipinski definition) is 3. The molecular weight excluding hydrogens is 466 g/mol. The van der Waals surface area contributed by atoms with E-state index in [0.29, 0.717) is 17.2 Å². The smallest absolute Gasteiger partial charge is 0.455 e. The Morgan fingerprint density at radius 3 is 2.29 bits per heavy atom. The number of halogens is 5. The lowest BCUT2D eigenvalue weighted by Crippen LogP contribution is -2.17. The molecule has 112 valence electrons. The van der Waals surface area contributed by atoms with Crippen molar-refractivity contribution in [2.45, 2.75) is 6.36 Å². The molecule has 21 heavy (non-hydrogen) atoms. The minimum Gasteiger partial charge on any atom is -0.455 e. The van der Waals surface area contributed by atoms with Crippen molar-refractivity contribution in [1.29, 1.82) is 0 Å². The first-order valence-corrected chi connectivity index (χ1v) is 7.40. The lowest BCUT2D eigenvalue weighted by atomic mass is 10.3. The zero-order valence-electron chi connectivity index (χ0n) is 10.2. The van der Waals surface area contributed by atoms with Crippen molar-refractivity contribution in [3.8, 4) is 17.2 Å². The summed E-state index contributed by atoms with van der Waals surface area (Å²) in [5.74, 6) is 0.418. The zero-order chi connectivity index (χ0) is 15.6. The molecule has 2 rings (SSSR count). The van der Waals surface area contributed by atoms with Crippen LogP contribution in [0.4, 0.5) is 18.9 Å². The Morgan fingerprint density at radius 2 is 1.71 bits per heavy atom. The minimum absolute atomic E-state index is 0.126. The average molecular weight is 474 g/mol. The molecule has 0 fully saturated rings. The van der Waals surface area contributed by atoms with Crippen LogP contribution >= 0.6 is 38.5 Å². The van der Waals surface area contributed by atoms with Crippen LogP contribution in [0, 0.1) is 3.57 Å². The second-order valence-electron chi connectivity index (χ2n) is 3.92. The van der Waals surface area contributed by atoms with Crippen molar-refractivity contribution in [1.82, 2.24) is 0 Å². The summed E-state index contributed by atoms with van der Waals surface area (Å²) in [5.41, 5.74) is 6.24. The fourth-order valence-corrected chi connectivity index (χ4v) is 2.45. The van der Waals surface area contributed by atoms with E-state index >= 15 is 0 Å². The molecule has 0 aromatic heterocycles. The highest BCUT2D eigenvalue weighted by atomic mass is 127. The summed E-state index contributed by atoms with van der Waals surface area (Å²) in [6.45, 7) is 0. The molecule has 8 heteroatoms. The Morgan fingerprint density at radius 1 is 1.05 bits per heavy atom. The van der Waals surface area contributed by atoms with Gasteiger partial charge in [0.05, 0.1) is 10.2 Å². The first-order valence-electron chi connectivity index (χ1n) is 5.53. The summed E-state index contributed by atoms with van der Waals surface area (Å²) in [6, 6.07) is 9.12. The van der Waals surface area contributed by atoms with Crippen LogP contribution in [-0.2, 0) is 0 Å². The number of nitrogen functional groups attached to an aromatic ring is 1. The van der Waals surface area contributed by atoms with E-state index in [0.717, 1.165) is 9.64 Å². The standard InChI is InChI=1S/C13H8BrF3INO2/c14-9-6-8(2-4-11(9)21-13(15,16)17)20-12-3-1-7(18)5-10(12)19/h1-6H,19H2. The first kappa shape index (κ1) is 16.2. The van der Waals surface area contributed by atoms with Gasteiger partial charge < -0.3 is 15.2 Å². The van der Waals surface area contributed by atoms with Crippen LogP contribution in [0.2, 0.25) is 0 Å². The monoisotopic (exact) mass is 473 g/mol. The van der Waals surface area contributed by atoms with E-state index in [9.17, 15) is 13.2 Å². The van der Waals surface area contributed by atoms with E-state index in [-0.39, 0.29) is 10.2 Å². The van der Waals surface area contributed by atoms with E-state index in [1.54, 1.807) is 12.1 Å². The average Bonchev–Trinajstić information content (AvgIpc) is 2.35. The maximum absolute atomic E-state index is 12.2. The van der Waals surface area contributed by atoms with Crippen LogP contribution in [0.3, 0.4) is 0 Å². The Kier molecular flexibility index (Phi) is 4.87. The molecule has 0 aliphatic rings. The zero-order valence-corrected chi connectivity index (χ0v) is 14.0. The molecule has 0 bridgehead atoms. The number of benzene rings is 2. The van der Waals surface area contributed by atoms with Gasteiger partial charge in [-0.2, -0.15) is 0 Å². The Labute approximate surface area is 140 Å². The van der Waals surface area contributed by atoms with Gasteiger partial charge in [0.1, 0.15) is 17.2 Å². The summed E-state index contributed by atoms with van der Waals surface area (Å²) in [4.78, 5) is 0. The Bertz CT molecular complexity index is 664. The molecule has 0 heterocycles. The van der Waals surface area contributed by atoms with Crippen LogP contribution < -0.4 is 15.2 Å². The molecule has 2 N–H and O–H groups in total. The van der Waals surface area contributed by atoms with Crippen molar-refractivity contribution in [2.24, 2.45) is 0 Å². The van der Waals surface area contributed by atoms with E-state index in [4.69, 9.17) is 10.5 Å². The van der Waals surface area contributed by atoms with Crippen molar-refractivity contribution < 1.29 is 22.6 Å². The van der Waals surface area contributed by atoms with Gasteiger partial charge >= 0.3 is 6.36 Å². The van der Waals surface area contributed by atoms with Crippen LogP contribution in [0.5, 0.6) is 17.2 Å². The number of ether oxygens (including phenoxy) is 2. The van der Waals surface area contributed by atoms with Gasteiger partial charge in [-0.05, 0) is 74.9 Å². The molecule has 3 nitrogen and oxygen atoms in total. The largest absolute Gasteiger partial charge is 0.573 e. The molecule has 0 aliphatic heterocycles. The highest BCUT2D eigenvalue weighted by molar-refractivity contribution is 14.1. The normalized spacial score (nSPS) is 11.3.